The molecule has 0 spiro atoms. The van der Waals surface area contributed by atoms with E-state index in [-0.39, 0.29) is 5.91 Å². The van der Waals surface area contributed by atoms with E-state index in [1.54, 1.807) is 13.3 Å². The number of fused-ring (bicyclic) bond motifs is 1. The number of anilines is 4. The van der Waals surface area contributed by atoms with Crippen LogP contribution in [0.4, 0.5) is 23.1 Å². The lowest BCUT2D eigenvalue weighted by molar-refractivity contribution is -0.111. The molecule has 0 saturated carbocycles. The van der Waals surface area contributed by atoms with E-state index in [0.717, 1.165) is 48.0 Å². The minimum absolute atomic E-state index is 0.220. The largest absolute Gasteiger partial charge is 0.383 e. The number of hydrogen-bond donors (Lipinski definition) is 2. The molecule has 0 unspecified atom stereocenters. The van der Waals surface area contributed by atoms with Crippen LogP contribution in [-0.4, -0.2) is 45.9 Å². The molecule has 166 valence electrons. The Bertz CT molecular complexity index is 1110. The van der Waals surface area contributed by atoms with Gasteiger partial charge in [-0.1, -0.05) is 18.7 Å². The Morgan fingerprint density at radius 2 is 2.06 bits per heavy atom. The summed E-state index contributed by atoms with van der Waals surface area (Å²) in [4.78, 5) is 23.2. The molecule has 0 atom stereocenters. The first-order valence-electron chi connectivity index (χ1n) is 10.5. The first-order valence-corrected chi connectivity index (χ1v) is 10.5. The van der Waals surface area contributed by atoms with E-state index in [9.17, 15) is 4.79 Å². The highest BCUT2D eigenvalue weighted by molar-refractivity contribution is 5.98. The maximum absolute atomic E-state index is 11.5. The van der Waals surface area contributed by atoms with Crippen molar-refractivity contribution in [1.82, 2.24) is 19.7 Å². The Morgan fingerprint density at radius 1 is 1.25 bits per heavy atom. The second-order valence-corrected chi connectivity index (χ2v) is 7.61. The molecule has 1 aliphatic heterocycles. The molecule has 3 heterocycles. The van der Waals surface area contributed by atoms with E-state index in [0.29, 0.717) is 19.1 Å². The van der Waals surface area contributed by atoms with Crippen molar-refractivity contribution < 1.29 is 9.53 Å². The average Bonchev–Trinajstić information content (AvgIpc) is 3.41. The van der Waals surface area contributed by atoms with Gasteiger partial charge in [0.05, 0.1) is 25.0 Å². The van der Waals surface area contributed by atoms with Gasteiger partial charge in [-0.05, 0) is 37.1 Å². The standard InChI is InChI=1S/C23H27N7O2/c1-4-21(31)26-18-7-5-17(6-8-18)14-29-10-9-20-16(2)25-23(28-22(20)29)27-19-13-24-30(15-19)11-12-32-3/h4-8,13,15H,1,9-12,14H2,2-3H3,(H,26,31)(H,25,27,28). The van der Waals surface area contributed by atoms with Gasteiger partial charge in [0.1, 0.15) is 5.82 Å². The van der Waals surface area contributed by atoms with Gasteiger partial charge in [-0.15, -0.1) is 0 Å². The molecule has 0 aliphatic carbocycles. The molecule has 2 aromatic heterocycles. The third kappa shape index (κ3) is 4.94. The highest BCUT2D eigenvalue weighted by Crippen LogP contribution is 2.31. The lowest BCUT2D eigenvalue weighted by Crippen LogP contribution is -2.21. The number of aryl methyl sites for hydroxylation is 1. The summed E-state index contributed by atoms with van der Waals surface area (Å²) in [6.07, 6.45) is 5.85. The van der Waals surface area contributed by atoms with Gasteiger partial charge in [-0.2, -0.15) is 10.1 Å². The fourth-order valence-electron chi connectivity index (χ4n) is 3.67. The molecule has 0 radical (unpaired) electrons. The number of hydrogen-bond acceptors (Lipinski definition) is 7. The van der Waals surface area contributed by atoms with Crippen molar-refractivity contribution in [1.29, 1.82) is 0 Å². The molecular weight excluding hydrogens is 406 g/mol. The van der Waals surface area contributed by atoms with Gasteiger partial charge in [0.15, 0.2) is 0 Å². The summed E-state index contributed by atoms with van der Waals surface area (Å²) >= 11 is 0. The van der Waals surface area contributed by atoms with Crippen molar-refractivity contribution >= 4 is 29.0 Å². The van der Waals surface area contributed by atoms with Crippen molar-refractivity contribution in [2.45, 2.75) is 26.4 Å². The van der Waals surface area contributed by atoms with E-state index in [1.807, 2.05) is 42.1 Å². The third-order valence-electron chi connectivity index (χ3n) is 5.32. The molecule has 1 amide bonds. The van der Waals surface area contributed by atoms with Gasteiger partial charge in [-0.3, -0.25) is 9.48 Å². The van der Waals surface area contributed by atoms with Gasteiger partial charge in [0.25, 0.3) is 0 Å². The monoisotopic (exact) mass is 433 g/mol. The fourth-order valence-corrected chi connectivity index (χ4v) is 3.67. The molecule has 1 aliphatic rings. The molecule has 2 N–H and O–H groups in total. The van der Waals surface area contributed by atoms with E-state index in [4.69, 9.17) is 9.72 Å². The Balaban J connectivity index is 1.47. The second-order valence-electron chi connectivity index (χ2n) is 7.61. The number of methoxy groups -OCH3 is 1. The summed E-state index contributed by atoms with van der Waals surface area (Å²) in [5.41, 5.74) is 4.88. The zero-order valence-electron chi connectivity index (χ0n) is 18.3. The molecule has 9 nitrogen and oxygen atoms in total. The van der Waals surface area contributed by atoms with Crippen LogP contribution in [0.25, 0.3) is 0 Å². The van der Waals surface area contributed by atoms with Crippen LogP contribution in [0.5, 0.6) is 0 Å². The number of carbonyl (C=O) groups excluding carboxylic acids is 1. The van der Waals surface area contributed by atoms with Crippen molar-refractivity contribution in [2.24, 2.45) is 0 Å². The number of ether oxygens (including phenoxy) is 1. The molecule has 0 bridgehead atoms. The Hall–Kier alpha value is -3.72. The maximum Gasteiger partial charge on any atom is 0.247 e. The lowest BCUT2D eigenvalue weighted by Gasteiger charge is -2.19. The number of amides is 1. The molecule has 0 fully saturated rings. The topological polar surface area (TPSA) is 97.2 Å². The van der Waals surface area contributed by atoms with Crippen LogP contribution >= 0.6 is 0 Å². The van der Waals surface area contributed by atoms with Crippen LogP contribution in [0, 0.1) is 6.92 Å². The average molecular weight is 434 g/mol. The Kier molecular flexibility index (Phi) is 6.46. The van der Waals surface area contributed by atoms with Crippen molar-refractivity contribution in [2.75, 3.05) is 35.8 Å². The highest BCUT2D eigenvalue weighted by atomic mass is 16.5. The maximum atomic E-state index is 11.5. The summed E-state index contributed by atoms with van der Waals surface area (Å²) in [5, 5.41) is 10.4. The van der Waals surface area contributed by atoms with Crippen molar-refractivity contribution in [3.8, 4) is 0 Å². The van der Waals surface area contributed by atoms with Gasteiger partial charge in [-0.25, -0.2) is 4.98 Å². The normalized spacial score (nSPS) is 12.5. The zero-order chi connectivity index (χ0) is 22.5. The van der Waals surface area contributed by atoms with Crippen LogP contribution in [0.1, 0.15) is 16.8 Å². The molecule has 4 rings (SSSR count). The van der Waals surface area contributed by atoms with Crippen molar-refractivity contribution in [3.05, 3.63) is 66.1 Å². The van der Waals surface area contributed by atoms with E-state index in [1.165, 1.54) is 11.6 Å². The van der Waals surface area contributed by atoms with Crippen molar-refractivity contribution in [3.63, 3.8) is 0 Å². The predicted octanol–water partition coefficient (Wildman–Crippen LogP) is 3.06. The number of aromatic nitrogens is 4. The molecule has 9 heteroatoms. The predicted molar refractivity (Wildman–Crippen MR) is 124 cm³/mol. The summed E-state index contributed by atoms with van der Waals surface area (Å²) in [5.74, 6) is 1.29. The zero-order valence-corrected chi connectivity index (χ0v) is 18.3. The quantitative estimate of drug-likeness (QED) is 0.501. The molecular formula is C23H27N7O2. The molecule has 32 heavy (non-hydrogen) atoms. The van der Waals surface area contributed by atoms with Crippen LogP contribution in [0.15, 0.2) is 49.3 Å². The Labute approximate surface area is 187 Å². The van der Waals surface area contributed by atoms with Crippen LogP contribution < -0.4 is 15.5 Å². The number of nitrogens with one attached hydrogen (secondary N) is 2. The number of carbonyl (C=O) groups is 1. The van der Waals surface area contributed by atoms with Gasteiger partial charge < -0.3 is 20.3 Å². The smallest absolute Gasteiger partial charge is 0.247 e. The number of benzene rings is 1. The van der Waals surface area contributed by atoms with Crippen LogP contribution in [0.3, 0.4) is 0 Å². The minimum Gasteiger partial charge on any atom is -0.383 e. The summed E-state index contributed by atoms with van der Waals surface area (Å²) in [7, 11) is 1.67. The number of nitrogens with zero attached hydrogens (tertiary/aromatic N) is 5. The van der Waals surface area contributed by atoms with E-state index in [2.05, 4.69) is 32.2 Å². The summed E-state index contributed by atoms with van der Waals surface area (Å²) in [6.45, 7) is 8.40. The van der Waals surface area contributed by atoms with Crippen LogP contribution in [0.2, 0.25) is 0 Å². The third-order valence-corrected chi connectivity index (χ3v) is 5.32. The highest BCUT2D eigenvalue weighted by Gasteiger charge is 2.24. The summed E-state index contributed by atoms with van der Waals surface area (Å²) in [6, 6.07) is 7.82. The first-order chi connectivity index (χ1) is 15.6. The molecule has 1 aromatic carbocycles. The van der Waals surface area contributed by atoms with Crippen LogP contribution in [-0.2, 0) is 29.0 Å². The lowest BCUT2D eigenvalue weighted by atomic mass is 10.2. The molecule has 3 aromatic rings. The Morgan fingerprint density at radius 3 is 2.81 bits per heavy atom. The van der Waals surface area contributed by atoms with E-state index < -0.39 is 0 Å². The molecule has 0 saturated heterocycles. The fraction of sp³-hybridized carbons (Fsp3) is 0.304. The van der Waals surface area contributed by atoms with Gasteiger partial charge in [0.2, 0.25) is 11.9 Å². The summed E-state index contributed by atoms with van der Waals surface area (Å²) < 4.78 is 6.91. The second kappa shape index (κ2) is 9.61. The number of rotatable bonds is 9. The van der Waals surface area contributed by atoms with Gasteiger partial charge in [0, 0.05) is 43.3 Å². The van der Waals surface area contributed by atoms with Gasteiger partial charge >= 0.3 is 0 Å². The van der Waals surface area contributed by atoms with E-state index >= 15 is 0 Å². The minimum atomic E-state index is -0.220. The first kappa shape index (κ1) is 21.5. The SMILES string of the molecule is C=CC(=O)Nc1ccc(CN2CCc3c(C)nc(Nc4cnn(CCOC)c4)nc32)cc1.